The van der Waals surface area contributed by atoms with Gasteiger partial charge in [0.2, 0.25) is 0 Å². The van der Waals surface area contributed by atoms with Gasteiger partial charge in [0.05, 0.1) is 24.7 Å². The van der Waals surface area contributed by atoms with Crippen LogP contribution in [0.2, 0.25) is 0 Å². The summed E-state index contributed by atoms with van der Waals surface area (Å²) in [7, 11) is 0. The molecule has 3 N–H and O–H groups in total. The molecule has 2 aliphatic heterocycles. The lowest BCUT2D eigenvalue weighted by Crippen LogP contribution is -2.40. The minimum absolute atomic E-state index is 0.0836. The average molecular weight is 535 g/mol. The smallest absolute Gasteiger partial charge is 0.165 e. The molecule has 0 aliphatic carbocycles. The van der Waals surface area contributed by atoms with Crippen LogP contribution >= 0.6 is 0 Å². The number of anilines is 2. The normalized spacial score (nSPS) is 29.0. The van der Waals surface area contributed by atoms with Crippen LogP contribution in [0.1, 0.15) is 57.7 Å². The van der Waals surface area contributed by atoms with Gasteiger partial charge in [-0.3, -0.25) is 4.57 Å². The molecule has 4 unspecified atom stereocenters. The minimum atomic E-state index is -0.740. The fourth-order valence-electron chi connectivity index (χ4n) is 5.96. The number of aliphatic hydroxyl groups is 1. The summed E-state index contributed by atoms with van der Waals surface area (Å²) in [5.41, 5.74) is 8.30. The molecule has 2 fully saturated rings. The first kappa shape index (κ1) is 27.2. The van der Waals surface area contributed by atoms with Gasteiger partial charge in [-0.05, 0) is 39.0 Å². The highest BCUT2D eigenvalue weighted by Gasteiger charge is 2.45. The van der Waals surface area contributed by atoms with Gasteiger partial charge < -0.3 is 25.2 Å². The van der Waals surface area contributed by atoms with Crippen molar-refractivity contribution in [3.63, 3.8) is 0 Å². The van der Waals surface area contributed by atoms with Crippen molar-refractivity contribution in [3.05, 3.63) is 55.7 Å². The van der Waals surface area contributed by atoms with Crippen LogP contribution in [-0.4, -0.2) is 59.1 Å². The zero-order valence-electron chi connectivity index (χ0n) is 22.8. The topological polar surface area (TPSA) is 137 Å². The summed E-state index contributed by atoms with van der Waals surface area (Å²) in [5, 5.41) is 11.5. The molecule has 11 heteroatoms. The van der Waals surface area contributed by atoms with Crippen LogP contribution in [0.4, 0.5) is 11.6 Å². The van der Waals surface area contributed by atoms with Gasteiger partial charge in [0.25, 0.3) is 0 Å². The van der Waals surface area contributed by atoms with Gasteiger partial charge in [0.15, 0.2) is 11.9 Å². The number of nitrogens with zero attached hydrogens (tertiary/aromatic N) is 7. The van der Waals surface area contributed by atoms with E-state index in [9.17, 15) is 5.11 Å². The Hall–Kier alpha value is -3.41. The third-order valence-electron chi connectivity index (χ3n) is 8.10. The predicted molar refractivity (Wildman–Crippen MR) is 148 cm³/mol. The van der Waals surface area contributed by atoms with Crippen molar-refractivity contribution < 1.29 is 14.6 Å². The van der Waals surface area contributed by atoms with E-state index in [0.29, 0.717) is 17.6 Å². The maximum absolute atomic E-state index is 11.5. The Morgan fingerprint density at radius 2 is 2.05 bits per heavy atom. The predicted octanol–water partition coefficient (Wildman–Crippen LogP) is 3.92. The molecule has 0 radical (unpaired) electrons. The van der Waals surface area contributed by atoms with Crippen LogP contribution in [0.25, 0.3) is 11.2 Å². The number of rotatable bonds is 10. The van der Waals surface area contributed by atoms with E-state index < -0.39 is 12.3 Å². The number of nitrogens with two attached hydrogens (primary N) is 1. The molecule has 2 aliphatic rings. The van der Waals surface area contributed by atoms with Gasteiger partial charge >= 0.3 is 0 Å². The number of allylic oxidation sites excluding steroid dienone is 1. The summed E-state index contributed by atoms with van der Waals surface area (Å²) in [6.07, 6.45) is 15.1. The van der Waals surface area contributed by atoms with Gasteiger partial charge in [-0.15, -0.1) is 0 Å². The number of nitrogen functional groups attached to an aromatic ring is 1. The third kappa shape index (κ3) is 5.26. The van der Waals surface area contributed by atoms with E-state index >= 15 is 0 Å². The van der Waals surface area contributed by atoms with Crippen LogP contribution in [-0.2, 0) is 9.47 Å². The van der Waals surface area contributed by atoms with Crippen LogP contribution in [0.5, 0.6) is 0 Å². The van der Waals surface area contributed by atoms with Crippen molar-refractivity contribution in [2.24, 2.45) is 11.8 Å². The van der Waals surface area contributed by atoms with Crippen molar-refractivity contribution in [2.45, 2.75) is 83.6 Å². The third-order valence-corrected chi connectivity index (χ3v) is 8.10. The van der Waals surface area contributed by atoms with Gasteiger partial charge in [0.1, 0.15) is 42.1 Å². The zero-order chi connectivity index (χ0) is 27.5. The van der Waals surface area contributed by atoms with Gasteiger partial charge in [-0.1, -0.05) is 38.5 Å². The summed E-state index contributed by atoms with van der Waals surface area (Å²) < 4.78 is 14.9. The number of fused-ring (bicyclic) bond motifs is 1. The molecule has 3 aromatic rings. The molecule has 0 aromatic carbocycles. The highest BCUT2D eigenvalue weighted by Crippen LogP contribution is 2.40. The molecule has 3 aromatic heterocycles. The van der Waals surface area contributed by atoms with Crippen LogP contribution < -0.4 is 10.6 Å². The molecular weight excluding hydrogens is 496 g/mol. The first-order valence-electron chi connectivity index (χ1n) is 13.7. The van der Waals surface area contributed by atoms with E-state index in [2.05, 4.69) is 38.4 Å². The molecule has 5 heterocycles. The number of hydrogen-bond acceptors (Lipinski definition) is 10. The number of imidazole rings is 1. The maximum atomic E-state index is 11.5. The SMILES string of the molecule is C=CN(c1ncnc(N)c1C)C1OC(/C=C/C)[C@@H](CCCC2OC(n3cnc4cncnc43)C[C@@H]2CC)[C@H]1O. The van der Waals surface area contributed by atoms with Gasteiger partial charge in [-0.25, -0.2) is 24.9 Å². The Kier molecular flexibility index (Phi) is 8.20. The van der Waals surface area contributed by atoms with E-state index in [0.717, 1.165) is 48.8 Å². The van der Waals surface area contributed by atoms with Crippen molar-refractivity contribution in [2.75, 3.05) is 10.6 Å². The molecule has 11 nitrogen and oxygen atoms in total. The number of ether oxygens (including phenoxy) is 2. The Bertz CT molecular complexity index is 1310. The minimum Gasteiger partial charge on any atom is -0.388 e. The molecule has 0 spiro atoms. The number of hydrogen-bond donors (Lipinski definition) is 2. The lowest BCUT2D eigenvalue weighted by Gasteiger charge is -2.29. The highest BCUT2D eigenvalue weighted by atomic mass is 16.5. The summed E-state index contributed by atoms with van der Waals surface area (Å²) in [4.78, 5) is 23.1. The first-order chi connectivity index (χ1) is 19.0. The number of aliphatic hydroxyl groups excluding tert-OH is 1. The average Bonchev–Trinajstić information content (AvgIpc) is 3.63. The molecule has 7 atom stereocenters. The molecule has 0 saturated carbocycles. The van der Waals surface area contributed by atoms with Crippen LogP contribution in [0.15, 0.2) is 50.1 Å². The van der Waals surface area contributed by atoms with Crippen LogP contribution in [0.3, 0.4) is 0 Å². The lowest BCUT2D eigenvalue weighted by atomic mass is 9.88. The quantitative estimate of drug-likeness (QED) is 0.368. The summed E-state index contributed by atoms with van der Waals surface area (Å²) in [5.74, 6) is 1.33. The highest BCUT2D eigenvalue weighted by molar-refractivity contribution is 5.68. The Labute approximate surface area is 228 Å². The molecule has 5 rings (SSSR count). The standard InChI is InChI=1S/C28H38N8O3/c1-5-9-22-19(24(37)28(39-22)35(7-3)26-17(4)25(29)31-15-33-26)10-8-11-21-18(6-2)12-23(38-21)36-16-34-20-13-30-14-32-27(20)36/h5,7,9,13-16,18-19,21-24,28,37H,3,6,8,10-12H2,1-2,4H3,(H2,29,31,33)/b9-5+/t18-,19+,21?,22?,23?,24+,28?/m0/s1. The van der Waals surface area contributed by atoms with E-state index in [1.807, 2.05) is 30.6 Å². The Morgan fingerprint density at radius 3 is 2.82 bits per heavy atom. The number of aromatic nitrogens is 6. The van der Waals surface area contributed by atoms with Crippen molar-refractivity contribution in [1.82, 2.24) is 29.5 Å². The van der Waals surface area contributed by atoms with Crippen molar-refractivity contribution >= 4 is 22.8 Å². The molecule has 0 bridgehead atoms. The molecule has 0 amide bonds. The molecule has 2 saturated heterocycles. The summed E-state index contributed by atoms with van der Waals surface area (Å²) in [6, 6.07) is 0. The lowest BCUT2D eigenvalue weighted by molar-refractivity contribution is -0.00916. The van der Waals surface area contributed by atoms with Gasteiger partial charge in [0, 0.05) is 17.7 Å². The van der Waals surface area contributed by atoms with Crippen molar-refractivity contribution in [1.29, 1.82) is 0 Å². The molecular formula is C28H38N8O3. The second-order valence-electron chi connectivity index (χ2n) is 10.3. The largest absolute Gasteiger partial charge is 0.388 e. The Balaban J connectivity index is 1.25. The molecule has 208 valence electrons. The molecule has 39 heavy (non-hydrogen) atoms. The maximum Gasteiger partial charge on any atom is 0.165 e. The van der Waals surface area contributed by atoms with E-state index in [1.165, 1.54) is 6.33 Å². The summed E-state index contributed by atoms with van der Waals surface area (Å²) >= 11 is 0. The summed E-state index contributed by atoms with van der Waals surface area (Å²) in [6.45, 7) is 9.97. The fraction of sp³-hybridized carbons (Fsp3) is 0.536. The second kappa shape index (κ2) is 11.8. The van der Waals surface area contributed by atoms with Crippen LogP contribution in [0, 0.1) is 18.8 Å². The van der Waals surface area contributed by atoms with Crippen molar-refractivity contribution in [3.8, 4) is 0 Å². The zero-order valence-corrected chi connectivity index (χ0v) is 22.8. The Morgan fingerprint density at radius 1 is 1.21 bits per heavy atom. The van der Waals surface area contributed by atoms with E-state index in [4.69, 9.17) is 15.2 Å². The monoisotopic (exact) mass is 534 g/mol. The second-order valence-corrected chi connectivity index (χ2v) is 10.3. The van der Waals surface area contributed by atoms with Gasteiger partial charge in [-0.2, -0.15) is 0 Å². The fourth-order valence-corrected chi connectivity index (χ4v) is 5.96. The van der Waals surface area contributed by atoms with E-state index in [1.54, 1.807) is 30.0 Å². The van der Waals surface area contributed by atoms with E-state index in [-0.39, 0.29) is 24.4 Å². The first-order valence-corrected chi connectivity index (χ1v) is 13.7.